The van der Waals surface area contributed by atoms with Crippen molar-refractivity contribution in [2.24, 2.45) is 7.05 Å². The number of nitrogens with one attached hydrogen (secondary N) is 2. The Balaban J connectivity index is 1.18. The highest BCUT2D eigenvalue weighted by Gasteiger charge is 2.09. The number of para-hydroxylation sites is 1. The van der Waals surface area contributed by atoms with Gasteiger partial charge in [0, 0.05) is 49.2 Å². The zero-order valence-electron chi connectivity index (χ0n) is 20.1. The number of rotatable bonds is 14. The lowest BCUT2D eigenvalue weighted by molar-refractivity contribution is 0.444. The molecule has 2 aromatic heterocycles. The van der Waals surface area contributed by atoms with E-state index in [0.717, 1.165) is 30.7 Å². The second kappa shape index (κ2) is 13.0. The number of pyridine rings is 2. The van der Waals surface area contributed by atoms with Crippen molar-refractivity contribution in [3.05, 3.63) is 64.2 Å². The molecule has 0 unspecified atom stereocenters. The Bertz CT molecular complexity index is 1070. The lowest BCUT2D eigenvalue weighted by atomic mass is 10.1. The molecule has 1 aromatic carbocycles. The Labute approximate surface area is 197 Å². The van der Waals surface area contributed by atoms with Gasteiger partial charge in [-0.05, 0) is 38.4 Å². The van der Waals surface area contributed by atoms with Gasteiger partial charge in [-0.1, -0.05) is 56.7 Å². The number of hydrogen-bond donors (Lipinski definition) is 3. The first-order chi connectivity index (χ1) is 16.1. The standard InChI is InChI=1S/C27H38N4O2/c1-21-19-26(32)27(33)25(31(21)2)20-28-16-11-7-5-3-4-6-8-12-17-29-24-15-18-30-23-14-10-9-13-22(23)24/h9-10,13-15,18-19,28,33H,3-8,11-12,16-17,20H2,1-2H3,(H,29,30). The molecule has 3 rings (SSSR count). The molecule has 6 nitrogen and oxygen atoms in total. The number of anilines is 1. The SMILES string of the molecule is Cc1cc(=O)c(O)c(CNCCCCCCCCCCNc2ccnc3ccccc23)n1C. The number of aryl methyl sites for hydroxylation is 1. The highest BCUT2D eigenvalue weighted by Crippen LogP contribution is 2.21. The van der Waals surface area contributed by atoms with Crippen LogP contribution >= 0.6 is 0 Å². The lowest BCUT2D eigenvalue weighted by Crippen LogP contribution is -2.21. The normalized spacial score (nSPS) is 11.2. The molecular weight excluding hydrogens is 412 g/mol. The van der Waals surface area contributed by atoms with Gasteiger partial charge >= 0.3 is 0 Å². The summed E-state index contributed by atoms with van der Waals surface area (Å²) < 4.78 is 1.87. The van der Waals surface area contributed by atoms with E-state index in [-0.39, 0.29) is 11.2 Å². The van der Waals surface area contributed by atoms with Gasteiger partial charge in [0.05, 0.1) is 11.2 Å². The molecule has 0 aliphatic heterocycles. The van der Waals surface area contributed by atoms with Crippen LogP contribution in [-0.4, -0.2) is 27.7 Å². The molecule has 6 heteroatoms. The maximum Gasteiger partial charge on any atom is 0.223 e. The van der Waals surface area contributed by atoms with Crippen LogP contribution in [0, 0.1) is 6.92 Å². The van der Waals surface area contributed by atoms with Crippen LogP contribution in [0.2, 0.25) is 0 Å². The average molecular weight is 451 g/mol. The molecule has 0 spiro atoms. The Morgan fingerprint density at radius 3 is 2.36 bits per heavy atom. The highest BCUT2D eigenvalue weighted by molar-refractivity contribution is 5.90. The molecule has 0 saturated carbocycles. The molecule has 0 radical (unpaired) electrons. The second-order valence-corrected chi connectivity index (χ2v) is 8.81. The molecule has 178 valence electrons. The maximum atomic E-state index is 11.7. The Morgan fingerprint density at radius 2 is 1.61 bits per heavy atom. The first kappa shape index (κ1) is 24.8. The quantitative estimate of drug-likeness (QED) is 0.292. The van der Waals surface area contributed by atoms with Gasteiger partial charge in [-0.15, -0.1) is 0 Å². The number of fused-ring (bicyclic) bond motifs is 1. The van der Waals surface area contributed by atoms with Crippen molar-refractivity contribution in [3.8, 4) is 5.75 Å². The third kappa shape index (κ3) is 7.32. The van der Waals surface area contributed by atoms with Crippen LogP contribution in [0.25, 0.3) is 10.9 Å². The van der Waals surface area contributed by atoms with Gasteiger partial charge in [-0.2, -0.15) is 0 Å². The van der Waals surface area contributed by atoms with Crippen molar-refractivity contribution in [1.29, 1.82) is 0 Å². The summed E-state index contributed by atoms with van der Waals surface area (Å²) in [5.41, 5.74) is 3.43. The van der Waals surface area contributed by atoms with Crippen LogP contribution in [0.5, 0.6) is 5.75 Å². The molecule has 0 atom stereocenters. The number of unbranched alkanes of at least 4 members (excludes halogenated alkanes) is 7. The fraction of sp³-hybridized carbons (Fsp3) is 0.481. The molecular formula is C27H38N4O2. The summed E-state index contributed by atoms with van der Waals surface area (Å²) in [6.07, 6.45) is 11.8. The van der Waals surface area contributed by atoms with E-state index >= 15 is 0 Å². The van der Waals surface area contributed by atoms with E-state index in [1.807, 2.05) is 30.8 Å². The highest BCUT2D eigenvalue weighted by atomic mass is 16.3. The maximum absolute atomic E-state index is 11.7. The summed E-state index contributed by atoms with van der Waals surface area (Å²) in [4.78, 5) is 16.2. The first-order valence-corrected chi connectivity index (χ1v) is 12.2. The molecule has 3 N–H and O–H groups in total. The molecule has 0 aliphatic carbocycles. The number of nitrogens with zero attached hydrogens (tertiary/aromatic N) is 2. The summed E-state index contributed by atoms with van der Waals surface area (Å²) in [5.74, 6) is -0.139. The van der Waals surface area contributed by atoms with Crippen molar-refractivity contribution in [3.63, 3.8) is 0 Å². The molecule has 0 saturated heterocycles. The summed E-state index contributed by atoms with van der Waals surface area (Å²) in [6, 6.07) is 11.8. The summed E-state index contributed by atoms with van der Waals surface area (Å²) in [7, 11) is 1.88. The molecule has 0 aliphatic rings. The minimum atomic E-state index is -0.302. The Kier molecular flexibility index (Phi) is 9.76. The molecule has 0 fully saturated rings. The van der Waals surface area contributed by atoms with Crippen LogP contribution in [0.1, 0.15) is 62.8 Å². The van der Waals surface area contributed by atoms with Crippen molar-refractivity contribution < 1.29 is 5.11 Å². The lowest BCUT2D eigenvalue weighted by Gasteiger charge is -2.14. The summed E-state index contributed by atoms with van der Waals surface area (Å²) in [6.45, 7) is 4.30. The van der Waals surface area contributed by atoms with Gasteiger partial charge in [0.2, 0.25) is 5.43 Å². The number of hydrogen-bond acceptors (Lipinski definition) is 5. The minimum absolute atomic E-state index is 0.139. The third-order valence-electron chi connectivity index (χ3n) is 6.32. The Hall–Kier alpha value is -2.86. The van der Waals surface area contributed by atoms with Crippen molar-refractivity contribution in [2.75, 3.05) is 18.4 Å². The van der Waals surface area contributed by atoms with Gasteiger partial charge < -0.3 is 20.3 Å². The van der Waals surface area contributed by atoms with Crippen LogP contribution in [-0.2, 0) is 13.6 Å². The fourth-order valence-electron chi connectivity index (χ4n) is 4.19. The topological polar surface area (TPSA) is 79.2 Å². The second-order valence-electron chi connectivity index (χ2n) is 8.81. The predicted molar refractivity (Wildman–Crippen MR) is 137 cm³/mol. The van der Waals surface area contributed by atoms with Crippen LogP contribution in [0.15, 0.2) is 47.4 Å². The molecule has 33 heavy (non-hydrogen) atoms. The zero-order valence-corrected chi connectivity index (χ0v) is 20.1. The smallest absolute Gasteiger partial charge is 0.223 e. The van der Waals surface area contributed by atoms with E-state index in [1.54, 1.807) is 0 Å². The molecule has 0 bridgehead atoms. The van der Waals surface area contributed by atoms with Crippen molar-refractivity contribution in [1.82, 2.24) is 14.9 Å². The fourth-order valence-corrected chi connectivity index (χ4v) is 4.19. The van der Waals surface area contributed by atoms with Gasteiger partial charge in [-0.3, -0.25) is 9.78 Å². The van der Waals surface area contributed by atoms with Crippen LogP contribution in [0.4, 0.5) is 5.69 Å². The minimum Gasteiger partial charge on any atom is -0.503 e. The first-order valence-electron chi connectivity index (χ1n) is 12.2. The van der Waals surface area contributed by atoms with Gasteiger partial charge in [-0.25, -0.2) is 0 Å². The van der Waals surface area contributed by atoms with Crippen LogP contribution < -0.4 is 16.1 Å². The van der Waals surface area contributed by atoms with E-state index in [2.05, 4.69) is 39.9 Å². The number of aromatic nitrogens is 2. The number of benzene rings is 1. The third-order valence-corrected chi connectivity index (χ3v) is 6.32. The zero-order chi connectivity index (χ0) is 23.5. The predicted octanol–water partition coefficient (Wildman–Crippen LogP) is 5.27. The Morgan fingerprint density at radius 1 is 0.939 bits per heavy atom. The van der Waals surface area contributed by atoms with Crippen molar-refractivity contribution in [2.45, 2.75) is 64.8 Å². The van der Waals surface area contributed by atoms with Gasteiger partial charge in [0.25, 0.3) is 0 Å². The van der Waals surface area contributed by atoms with Gasteiger partial charge in [0.1, 0.15) is 0 Å². The summed E-state index contributed by atoms with van der Waals surface area (Å²) >= 11 is 0. The van der Waals surface area contributed by atoms with Crippen molar-refractivity contribution >= 4 is 16.6 Å². The van der Waals surface area contributed by atoms with Crippen LogP contribution in [0.3, 0.4) is 0 Å². The summed E-state index contributed by atoms with van der Waals surface area (Å²) in [5, 5.41) is 18.1. The molecule has 2 heterocycles. The molecule has 0 amide bonds. The van der Waals surface area contributed by atoms with E-state index in [0.29, 0.717) is 12.2 Å². The van der Waals surface area contributed by atoms with Gasteiger partial charge in [0.15, 0.2) is 5.75 Å². The molecule has 3 aromatic rings. The largest absolute Gasteiger partial charge is 0.503 e. The number of aromatic hydroxyl groups is 1. The van der Waals surface area contributed by atoms with E-state index < -0.39 is 0 Å². The van der Waals surface area contributed by atoms with E-state index in [1.165, 1.54) is 62.1 Å². The van der Waals surface area contributed by atoms with E-state index in [4.69, 9.17) is 0 Å². The van der Waals surface area contributed by atoms with E-state index in [9.17, 15) is 9.90 Å². The monoisotopic (exact) mass is 450 g/mol. The average Bonchev–Trinajstić information content (AvgIpc) is 2.82.